The summed E-state index contributed by atoms with van der Waals surface area (Å²) in [4.78, 5) is 0. The Balaban J connectivity index is 2.59. The second-order valence-corrected chi connectivity index (χ2v) is 3.08. The molecule has 0 nitrogen and oxygen atoms in total. The summed E-state index contributed by atoms with van der Waals surface area (Å²) in [7, 11) is 0. The lowest BCUT2D eigenvalue weighted by Gasteiger charge is -1.91. The maximum atomic E-state index is 3.29. The fourth-order valence-corrected chi connectivity index (χ4v) is 1.16. The monoisotopic (exact) mass is 160 g/mol. The van der Waals surface area contributed by atoms with Crippen LogP contribution in [-0.2, 0) is 0 Å². The minimum absolute atomic E-state index is 1.02. The first-order chi connectivity index (χ1) is 5.89. The Morgan fingerprint density at radius 2 is 1.83 bits per heavy atom. The Labute approximate surface area is 75.0 Å². The van der Waals surface area contributed by atoms with Crippen molar-refractivity contribution in [2.45, 2.75) is 32.6 Å². The van der Waals surface area contributed by atoms with Gasteiger partial charge in [0.05, 0.1) is 0 Å². The molecule has 0 aromatic heterocycles. The zero-order valence-corrected chi connectivity index (χ0v) is 7.72. The van der Waals surface area contributed by atoms with Crippen molar-refractivity contribution in [3.8, 4) is 0 Å². The van der Waals surface area contributed by atoms with Crippen molar-refractivity contribution < 1.29 is 0 Å². The van der Waals surface area contributed by atoms with Gasteiger partial charge in [0.25, 0.3) is 0 Å². The molecule has 1 rings (SSSR count). The fraction of sp³-hybridized carbons (Fsp3) is 0.417. The first kappa shape index (κ1) is 9.09. The molecule has 0 saturated heterocycles. The minimum Gasteiger partial charge on any atom is -0.126 e. The molecule has 0 heteroatoms. The number of rotatable bonds is 0. The standard InChI is InChI=1S/C12H16/c1-12-10-8-6-4-2-3-5-7-9-11-12/h2,4-5,7-8H,3,6,9,11H2,1H3. The van der Waals surface area contributed by atoms with Crippen LogP contribution < -0.4 is 0 Å². The first-order valence-electron chi connectivity index (χ1n) is 4.60. The third kappa shape index (κ3) is 4.00. The Kier molecular flexibility index (Phi) is 4.26. The molecule has 0 N–H and O–H groups in total. The van der Waals surface area contributed by atoms with E-state index in [0.29, 0.717) is 0 Å². The molecule has 0 saturated carbocycles. The molecule has 0 atom stereocenters. The molecule has 64 valence electrons. The number of allylic oxidation sites excluding steroid dienone is 5. The Morgan fingerprint density at radius 1 is 1.08 bits per heavy atom. The predicted octanol–water partition coefficient (Wildman–Crippen LogP) is 3.77. The average molecular weight is 160 g/mol. The van der Waals surface area contributed by atoms with E-state index >= 15 is 0 Å². The molecule has 0 heterocycles. The highest BCUT2D eigenvalue weighted by atomic mass is 13.9. The van der Waals surface area contributed by atoms with Gasteiger partial charge in [0, 0.05) is 0 Å². The topological polar surface area (TPSA) is 0 Å². The third-order valence-corrected chi connectivity index (χ3v) is 1.89. The summed E-state index contributed by atoms with van der Waals surface area (Å²) >= 11 is 0. The van der Waals surface area contributed by atoms with Gasteiger partial charge in [-0.3, -0.25) is 0 Å². The molecular formula is C12H16. The quantitative estimate of drug-likeness (QED) is 0.374. The highest BCUT2D eigenvalue weighted by Gasteiger charge is 1.85. The van der Waals surface area contributed by atoms with Crippen LogP contribution in [-0.4, -0.2) is 0 Å². The second kappa shape index (κ2) is 5.62. The van der Waals surface area contributed by atoms with E-state index in [9.17, 15) is 0 Å². The normalized spacial score (nSPS) is 18.6. The van der Waals surface area contributed by atoms with Gasteiger partial charge < -0.3 is 0 Å². The lowest BCUT2D eigenvalue weighted by atomic mass is 10.1. The second-order valence-electron chi connectivity index (χ2n) is 3.08. The van der Waals surface area contributed by atoms with Crippen molar-refractivity contribution >= 4 is 0 Å². The summed E-state index contributed by atoms with van der Waals surface area (Å²) in [6, 6.07) is 0. The van der Waals surface area contributed by atoms with Gasteiger partial charge in [0.15, 0.2) is 0 Å². The molecule has 0 aromatic carbocycles. The molecule has 0 fully saturated rings. The maximum Gasteiger partial charge on any atom is -0.00928 e. The van der Waals surface area contributed by atoms with Crippen LogP contribution in [0.25, 0.3) is 0 Å². The lowest BCUT2D eigenvalue weighted by Crippen LogP contribution is -1.72. The van der Waals surface area contributed by atoms with E-state index in [-0.39, 0.29) is 0 Å². The third-order valence-electron chi connectivity index (χ3n) is 1.89. The summed E-state index contributed by atoms with van der Waals surface area (Å²) in [6.45, 7) is 2.14. The van der Waals surface area contributed by atoms with Crippen LogP contribution in [0, 0.1) is 0 Å². The van der Waals surface area contributed by atoms with E-state index in [2.05, 4.69) is 43.0 Å². The maximum absolute atomic E-state index is 3.29. The molecule has 1 aliphatic rings. The summed E-state index contributed by atoms with van der Waals surface area (Å²) < 4.78 is 0. The van der Waals surface area contributed by atoms with E-state index in [1.807, 2.05) is 0 Å². The molecule has 0 bridgehead atoms. The van der Waals surface area contributed by atoms with E-state index < -0.39 is 0 Å². The lowest BCUT2D eigenvalue weighted by molar-refractivity contribution is 0.976. The zero-order valence-electron chi connectivity index (χ0n) is 7.72. The van der Waals surface area contributed by atoms with Crippen molar-refractivity contribution in [1.29, 1.82) is 0 Å². The summed E-state index contributed by atoms with van der Waals surface area (Å²) in [5, 5.41) is 0. The highest BCUT2D eigenvalue weighted by Crippen LogP contribution is 2.04. The Morgan fingerprint density at radius 3 is 2.75 bits per heavy atom. The van der Waals surface area contributed by atoms with Gasteiger partial charge in [-0.05, 0) is 44.3 Å². The Hall–Kier alpha value is -1.00. The molecule has 0 aromatic rings. The molecule has 0 amide bonds. The van der Waals surface area contributed by atoms with Crippen molar-refractivity contribution in [2.24, 2.45) is 0 Å². The summed E-state index contributed by atoms with van der Waals surface area (Å²) in [5.74, 6) is 0. The van der Waals surface area contributed by atoms with Gasteiger partial charge in [-0.2, -0.15) is 0 Å². The van der Waals surface area contributed by atoms with Crippen molar-refractivity contribution in [3.05, 3.63) is 41.7 Å². The number of hydrogen-bond donors (Lipinski definition) is 0. The highest BCUT2D eigenvalue weighted by molar-refractivity contribution is 5.04. The van der Waals surface area contributed by atoms with Gasteiger partial charge in [-0.15, -0.1) is 5.73 Å². The van der Waals surface area contributed by atoms with E-state index in [1.165, 1.54) is 5.57 Å². The average Bonchev–Trinajstić information content (AvgIpc) is 2.11. The summed E-state index contributed by atoms with van der Waals surface area (Å²) in [5.41, 5.74) is 4.64. The van der Waals surface area contributed by atoms with Crippen molar-refractivity contribution in [2.75, 3.05) is 0 Å². The minimum atomic E-state index is 1.02. The Bertz CT molecular complexity index is 235. The molecule has 0 aliphatic heterocycles. The van der Waals surface area contributed by atoms with Crippen molar-refractivity contribution in [1.82, 2.24) is 0 Å². The van der Waals surface area contributed by atoms with E-state index in [4.69, 9.17) is 0 Å². The van der Waals surface area contributed by atoms with Crippen LogP contribution in [0.4, 0.5) is 0 Å². The number of hydrogen-bond acceptors (Lipinski definition) is 0. The molecular weight excluding hydrogens is 144 g/mol. The van der Waals surface area contributed by atoms with E-state index in [0.717, 1.165) is 25.7 Å². The van der Waals surface area contributed by atoms with Gasteiger partial charge >= 0.3 is 0 Å². The first-order valence-corrected chi connectivity index (χ1v) is 4.60. The van der Waals surface area contributed by atoms with Crippen LogP contribution in [0.1, 0.15) is 32.6 Å². The summed E-state index contributed by atoms with van der Waals surface area (Å²) in [6.07, 6.45) is 15.4. The van der Waals surface area contributed by atoms with Crippen LogP contribution in [0.2, 0.25) is 0 Å². The largest absolute Gasteiger partial charge is 0.126 e. The van der Waals surface area contributed by atoms with E-state index in [1.54, 1.807) is 0 Å². The van der Waals surface area contributed by atoms with Crippen LogP contribution in [0.3, 0.4) is 0 Å². The fourth-order valence-electron chi connectivity index (χ4n) is 1.16. The molecule has 0 spiro atoms. The van der Waals surface area contributed by atoms with Crippen LogP contribution in [0.5, 0.6) is 0 Å². The molecule has 1 aliphatic carbocycles. The predicted molar refractivity (Wildman–Crippen MR) is 54.0 cm³/mol. The van der Waals surface area contributed by atoms with Gasteiger partial charge in [0.2, 0.25) is 0 Å². The molecule has 12 heavy (non-hydrogen) atoms. The molecule has 0 unspecified atom stereocenters. The van der Waals surface area contributed by atoms with Crippen molar-refractivity contribution in [3.63, 3.8) is 0 Å². The van der Waals surface area contributed by atoms with Crippen LogP contribution >= 0.6 is 0 Å². The van der Waals surface area contributed by atoms with Gasteiger partial charge in [0.1, 0.15) is 0 Å². The van der Waals surface area contributed by atoms with Gasteiger partial charge in [-0.25, -0.2) is 0 Å². The SMILES string of the molecule is CC1=C=CCC=CCC=CCC1. The van der Waals surface area contributed by atoms with Gasteiger partial charge in [-0.1, -0.05) is 24.3 Å². The zero-order chi connectivity index (χ0) is 8.65. The molecule has 0 radical (unpaired) electrons. The van der Waals surface area contributed by atoms with Crippen LogP contribution in [0.15, 0.2) is 41.7 Å². The smallest absolute Gasteiger partial charge is 0.00928 e.